The van der Waals surface area contributed by atoms with Crippen LogP contribution < -0.4 is 19.7 Å². The van der Waals surface area contributed by atoms with Crippen molar-refractivity contribution in [2.45, 2.75) is 26.3 Å². The average Bonchev–Trinajstić information content (AvgIpc) is 2.77. The topological polar surface area (TPSA) is 93.9 Å². The lowest BCUT2D eigenvalue weighted by molar-refractivity contribution is -0.384. The minimum absolute atomic E-state index is 0.0386. The molecule has 3 rings (SSSR count). The first-order valence-corrected chi connectivity index (χ1v) is 9.95. The quantitative estimate of drug-likeness (QED) is 0.548. The largest absolute Gasteiger partial charge is 0.493 e. The molecule has 30 heavy (non-hydrogen) atoms. The zero-order valence-corrected chi connectivity index (χ0v) is 17.5. The molecule has 0 spiro atoms. The molecule has 0 bridgehead atoms. The number of anilines is 1. The first-order chi connectivity index (χ1) is 14.4. The van der Waals surface area contributed by atoms with Crippen LogP contribution in [0.1, 0.15) is 35.7 Å². The summed E-state index contributed by atoms with van der Waals surface area (Å²) in [6.07, 6.45) is 2.01. The van der Waals surface area contributed by atoms with Crippen LogP contribution in [0.15, 0.2) is 36.4 Å². The number of carbonyl (C=O) groups excluding carboxylic acids is 1. The lowest BCUT2D eigenvalue weighted by atomic mass is 9.98. The van der Waals surface area contributed by atoms with Gasteiger partial charge >= 0.3 is 0 Å². The summed E-state index contributed by atoms with van der Waals surface area (Å²) >= 11 is 0. The fourth-order valence-electron chi connectivity index (χ4n) is 3.60. The van der Waals surface area contributed by atoms with Gasteiger partial charge in [-0.05, 0) is 48.6 Å². The Balaban J connectivity index is 1.73. The molecule has 160 valence electrons. The van der Waals surface area contributed by atoms with Crippen LogP contribution in [-0.4, -0.2) is 38.1 Å². The van der Waals surface area contributed by atoms with Crippen molar-refractivity contribution in [1.82, 2.24) is 5.32 Å². The Morgan fingerprint density at radius 3 is 2.47 bits per heavy atom. The van der Waals surface area contributed by atoms with Gasteiger partial charge in [0.05, 0.1) is 19.1 Å². The lowest BCUT2D eigenvalue weighted by Crippen LogP contribution is -2.33. The van der Waals surface area contributed by atoms with Crippen LogP contribution in [0.3, 0.4) is 0 Å². The number of nitro groups is 1. The Labute approximate surface area is 175 Å². The Morgan fingerprint density at radius 1 is 1.13 bits per heavy atom. The predicted octanol–water partition coefficient (Wildman–Crippen LogP) is 3.78. The van der Waals surface area contributed by atoms with Crippen molar-refractivity contribution in [3.05, 3.63) is 57.6 Å². The molecule has 1 aliphatic rings. The van der Waals surface area contributed by atoms with Gasteiger partial charge in [0.2, 0.25) is 0 Å². The van der Waals surface area contributed by atoms with Gasteiger partial charge in [-0.1, -0.05) is 13.0 Å². The molecule has 0 aliphatic carbocycles. The number of hydrogen-bond donors (Lipinski definition) is 1. The Morgan fingerprint density at radius 2 is 1.83 bits per heavy atom. The summed E-state index contributed by atoms with van der Waals surface area (Å²) in [5.41, 5.74) is 1.62. The predicted molar refractivity (Wildman–Crippen MR) is 114 cm³/mol. The van der Waals surface area contributed by atoms with E-state index >= 15 is 0 Å². The van der Waals surface area contributed by atoms with Gasteiger partial charge in [-0.3, -0.25) is 14.9 Å². The first kappa shape index (κ1) is 21.4. The van der Waals surface area contributed by atoms with E-state index in [-0.39, 0.29) is 23.7 Å². The van der Waals surface area contributed by atoms with Crippen LogP contribution in [0.4, 0.5) is 11.4 Å². The summed E-state index contributed by atoms with van der Waals surface area (Å²) < 4.78 is 10.5. The van der Waals surface area contributed by atoms with E-state index in [0.29, 0.717) is 23.1 Å². The number of amides is 1. The number of methoxy groups -OCH3 is 2. The van der Waals surface area contributed by atoms with Crippen LogP contribution in [0.25, 0.3) is 0 Å². The molecule has 1 saturated heterocycles. The molecule has 1 fully saturated rings. The number of nitro benzene ring substituents is 1. The van der Waals surface area contributed by atoms with Crippen LogP contribution in [-0.2, 0) is 6.54 Å². The Hall–Kier alpha value is -3.29. The van der Waals surface area contributed by atoms with Crippen LogP contribution in [0.2, 0.25) is 0 Å². The molecule has 0 unspecified atom stereocenters. The van der Waals surface area contributed by atoms with E-state index in [4.69, 9.17) is 9.47 Å². The van der Waals surface area contributed by atoms with Crippen molar-refractivity contribution >= 4 is 17.3 Å². The number of piperidine rings is 1. The number of rotatable bonds is 7. The van der Waals surface area contributed by atoms with E-state index in [0.717, 1.165) is 31.5 Å². The van der Waals surface area contributed by atoms with Crippen molar-refractivity contribution in [1.29, 1.82) is 0 Å². The summed E-state index contributed by atoms with van der Waals surface area (Å²) in [5, 5.41) is 14.4. The molecule has 8 heteroatoms. The molecule has 0 aromatic heterocycles. The van der Waals surface area contributed by atoms with E-state index in [9.17, 15) is 14.9 Å². The smallest absolute Gasteiger partial charge is 0.293 e. The zero-order chi connectivity index (χ0) is 21.7. The maximum absolute atomic E-state index is 12.6. The SMILES string of the molecule is COc1ccc(CNC(=O)c2ccc(N3CCC(C)CC3)c([N+](=O)[O-])c2)cc1OC. The molecule has 1 N–H and O–H groups in total. The summed E-state index contributed by atoms with van der Waals surface area (Å²) in [6, 6.07) is 10.0. The maximum Gasteiger partial charge on any atom is 0.293 e. The molecule has 2 aromatic carbocycles. The molecule has 1 amide bonds. The Kier molecular flexibility index (Phi) is 6.76. The van der Waals surface area contributed by atoms with Crippen molar-refractivity contribution in [3.63, 3.8) is 0 Å². The summed E-state index contributed by atoms with van der Waals surface area (Å²) in [4.78, 5) is 25.8. The van der Waals surface area contributed by atoms with Crippen LogP contribution in [0, 0.1) is 16.0 Å². The van der Waals surface area contributed by atoms with Gasteiger partial charge in [0.15, 0.2) is 11.5 Å². The highest BCUT2D eigenvalue weighted by Gasteiger charge is 2.24. The van der Waals surface area contributed by atoms with Crippen molar-refractivity contribution < 1.29 is 19.2 Å². The number of nitrogens with zero attached hydrogens (tertiary/aromatic N) is 2. The van der Waals surface area contributed by atoms with Gasteiger partial charge in [-0.25, -0.2) is 0 Å². The summed E-state index contributed by atoms with van der Waals surface area (Å²) in [5.74, 6) is 1.43. The van der Waals surface area contributed by atoms with Gasteiger partial charge in [-0.15, -0.1) is 0 Å². The van der Waals surface area contributed by atoms with Gasteiger partial charge < -0.3 is 19.7 Å². The summed E-state index contributed by atoms with van der Waals surface area (Å²) in [7, 11) is 3.10. The zero-order valence-electron chi connectivity index (χ0n) is 17.5. The highest BCUT2D eigenvalue weighted by atomic mass is 16.6. The summed E-state index contributed by atoms with van der Waals surface area (Å²) in [6.45, 7) is 4.02. The molecule has 2 aromatic rings. The number of ether oxygens (including phenoxy) is 2. The van der Waals surface area contributed by atoms with Gasteiger partial charge in [0.25, 0.3) is 11.6 Å². The highest BCUT2D eigenvalue weighted by Crippen LogP contribution is 2.32. The van der Waals surface area contributed by atoms with Gasteiger partial charge in [0, 0.05) is 31.3 Å². The van der Waals surface area contributed by atoms with Gasteiger partial charge in [0.1, 0.15) is 5.69 Å². The molecule has 0 radical (unpaired) electrons. The standard InChI is InChI=1S/C22H27N3O5/c1-15-8-10-24(11-9-15)18-6-5-17(13-19(18)25(27)28)22(26)23-14-16-4-7-20(29-2)21(12-16)30-3/h4-7,12-13,15H,8-11,14H2,1-3H3,(H,23,26). The van der Waals surface area contributed by atoms with Crippen LogP contribution >= 0.6 is 0 Å². The fourth-order valence-corrected chi connectivity index (χ4v) is 3.60. The van der Waals surface area contributed by atoms with E-state index in [1.54, 1.807) is 38.5 Å². The van der Waals surface area contributed by atoms with Crippen LogP contribution in [0.5, 0.6) is 11.5 Å². The molecule has 0 atom stereocenters. The van der Waals surface area contributed by atoms with E-state index in [1.807, 2.05) is 11.0 Å². The monoisotopic (exact) mass is 413 g/mol. The van der Waals surface area contributed by atoms with Gasteiger partial charge in [-0.2, -0.15) is 0 Å². The number of hydrogen-bond acceptors (Lipinski definition) is 6. The molecule has 1 aliphatic heterocycles. The van der Waals surface area contributed by atoms with Crippen molar-refractivity contribution in [2.75, 3.05) is 32.2 Å². The lowest BCUT2D eigenvalue weighted by Gasteiger charge is -2.31. The number of benzene rings is 2. The normalized spacial score (nSPS) is 14.3. The molecule has 8 nitrogen and oxygen atoms in total. The second-order valence-electron chi connectivity index (χ2n) is 7.50. The molecule has 1 heterocycles. The third-order valence-corrected chi connectivity index (χ3v) is 5.46. The Bertz CT molecular complexity index is 923. The number of nitrogens with one attached hydrogen (secondary N) is 1. The highest BCUT2D eigenvalue weighted by molar-refractivity contribution is 5.95. The van der Waals surface area contributed by atoms with E-state index in [2.05, 4.69) is 12.2 Å². The minimum Gasteiger partial charge on any atom is -0.493 e. The third-order valence-electron chi connectivity index (χ3n) is 5.46. The second-order valence-corrected chi connectivity index (χ2v) is 7.50. The molecular formula is C22H27N3O5. The first-order valence-electron chi connectivity index (χ1n) is 9.95. The second kappa shape index (κ2) is 9.47. The fraction of sp³-hybridized carbons (Fsp3) is 0.409. The van der Waals surface area contributed by atoms with Crippen molar-refractivity contribution in [3.8, 4) is 11.5 Å². The minimum atomic E-state index is -0.418. The van der Waals surface area contributed by atoms with E-state index < -0.39 is 4.92 Å². The third kappa shape index (κ3) is 4.82. The molecular weight excluding hydrogens is 386 g/mol. The molecule has 0 saturated carbocycles. The average molecular weight is 413 g/mol. The van der Waals surface area contributed by atoms with Crippen molar-refractivity contribution in [2.24, 2.45) is 5.92 Å². The maximum atomic E-state index is 12.6. The number of carbonyl (C=O) groups is 1. The van der Waals surface area contributed by atoms with E-state index in [1.165, 1.54) is 6.07 Å².